The highest BCUT2D eigenvalue weighted by molar-refractivity contribution is 6.48. The molecule has 1 heterocycles. The molecule has 0 saturated carbocycles. The lowest BCUT2D eigenvalue weighted by Crippen LogP contribution is -2.25. The normalized spacial score (nSPS) is 15.4. The molecule has 0 unspecified atom stereocenters. The molecule has 0 bridgehead atoms. The third-order valence-electron chi connectivity index (χ3n) is 2.30. The van der Waals surface area contributed by atoms with Crippen LogP contribution in [0.4, 0.5) is 4.79 Å². The fourth-order valence-electron chi connectivity index (χ4n) is 1.53. The molecule has 16 heavy (non-hydrogen) atoms. The molecule has 0 aromatic heterocycles. The number of carbonyl (C=O) groups excluding carboxylic acids is 1. The minimum absolute atomic E-state index is 0.192. The van der Waals surface area contributed by atoms with Gasteiger partial charge in [0.15, 0.2) is 0 Å². The number of halogens is 3. The molecule has 85 valence electrons. The fraction of sp³-hybridized carbons (Fsp3) is 0.300. The zero-order chi connectivity index (χ0) is 11.7. The molecule has 0 spiro atoms. The fourth-order valence-corrected chi connectivity index (χ4v) is 2.17. The third kappa shape index (κ3) is 2.37. The van der Waals surface area contributed by atoms with Gasteiger partial charge in [0.1, 0.15) is 0 Å². The molecule has 0 atom stereocenters. The molecule has 2 rings (SSSR count). The predicted octanol–water partition coefficient (Wildman–Crippen LogP) is 3.19. The number of nitrogens with zero attached hydrogens (tertiary/aromatic N) is 2. The van der Waals surface area contributed by atoms with Gasteiger partial charge < -0.3 is 4.90 Å². The Kier molecular flexibility index (Phi) is 3.47. The first-order valence-corrected chi connectivity index (χ1v) is 5.81. The van der Waals surface area contributed by atoms with Crippen molar-refractivity contribution in [3.8, 4) is 0 Å². The van der Waals surface area contributed by atoms with E-state index in [1.165, 1.54) is 0 Å². The van der Waals surface area contributed by atoms with Crippen LogP contribution in [-0.4, -0.2) is 24.0 Å². The first-order chi connectivity index (χ1) is 7.58. The van der Waals surface area contributed by atoms with E-state index in [2.05, 4.69) is 5.32 Å². The summed E-state index contributed by atoms with van der Waals surface area (Å²) in [5.41, 5.74) is 0.852. The highest BCUT2D eigenvalue weighted by Crippen LogP contribution is 2.31. The lowest BCUT2D eigenvalue weighted by atomic mass is 10.2. The quantitative estimate of drug-likeness (QED) is 0.765. The van der Waals surface area contributed by atoms with Crippen LogP contribution >= 0.6 is 34.8 Å². The number of hydrogen-bond acceptors (Lipinski definition) is 1. The monoisotopic (exact) mass is 277 g/mol. The minimum Gasteiger partial charge on any atom is -0.317 e. The van der Waals surface area contributed by atoms with Crippen LogP contribution in [0.2, 0.25) is 15.1 Å². The van der Waals surface area contributed by atoms with Gasteiger partial charge in [-0.3, -0.25) is 0 Å². The molecule has 6 heteroatoms. The maximum atomic E-state index is 11.3. The Hall–Kier alpha value is -0.640. The van der Waals surface area contributed by atoms with Gasteiger partial charge in [-0.05, 0) is 17.7 Å². The predicted molar refractivity (Wildman–Crippen MR) is 64.3 cm³/mol. The van der Waals surface area contributed by atoms with Crippen LogP contribution < -0.4 is 5.32 Å². The number of carbonyl (C=O) groups is 1. The summed E-state index contributed by atoms with van der Waals surface area (Å²) < 4.78 is 0. The largest absolute Gasteiger partial charge is 0.339 e. The van der Waals surface area contributed by atoms with E-state index in [0.717, 1.165) is 5.56 Å². The molecular formula is C10H8Cl3N2O. The van der Waals surface area contributed by atoms with E-state index < -0.39 is 0 Å². The van der Waals surface area contributed by atoms with Crippen molar-refractivity contribution < 1.29 is 4.79 Å². The van der Waals surface area contributed by atoms with Crippen molar-refractivity contribution in [2.45, 2.75) is 6.54 Å². The zero-order valence-corrected chi connectivity index (χ0v) is 10.5. The summed E-state index contributed by atoms with van der Waals surface area (Å²) in [6.07, 6.45) is 0. The molecule has 2 amide bonds. The maximum Gasteiger partial charge on any atom is 0.339 e. The van der Waals surface area contributed by atoms with Crippen LogP contribution in [0.3, 0.4) is 0 Å². The van der Waals surface area contributed by atoms with Gasteiger partial charge in [0.05, 0.1) is 21.6 Å². The van der Waals surface area contributed by atoms with Gasteiger partial charge in [-0.25, -0.2) is 10.1 Å². The van der Waals surface area contributed by atoms with Crippen molar-refractivity contribution in [3.05, 3.63) is 32.8 Å². The van der Waals surface area contributed by atoms with E-state index in [-0.39, 0.29) is 6.03 Å². The molecule has 1 aromatic rings. The molecule has 3 nitrogen and oxygen atoms in total. The molecular weight excluding hydrogens is 270 g/mol. The Morgan fingerprint density at radius 3 is 2.38 bits per heavy atom. The van der Waals surface area contributed by atoms with E-state index in [0.29, 0.717) is 34.7 Å². The van der Waals surface area contributed by atoms with Crippen molar-refractivity contribution in [1.29, 1.82) is 0 Å². The second kappa shape index (κ2) is 4.70. The van der Waals surface area contributed by atoms with Gasteiger partial charge in [0.2, 0.25) is 0 Å². The van der Waals surface area contributed by atoms with Gasteiger partial charge in [-0.1, -0.05) is 34.8 Å². The van der Waals surface area contributed by atoms with Crippen LogP contribution in [0.5, 0.6) is 0 Å². The van der Waals surface area contributed by atoms with Crippen LogP contribution in [0.25, 0.3) is 0 Å². The molecule has 1 aliphatic heterocycles. The van der Waals surface area contributed by atoms with E-state index in [4.69, 9.17) is 34.8 Å². The molecule has 1 radical (unpaired) electrons. The lowest BCUT2D eigenvalue weighted by molar-refractivity contribution is 0.215. The average molecular weight is 279 g/mol. The Bertz CT molecular complexity index is 413. The Morgan fingerprint density at radius 2 is 1.88 bits per heavy atom. The summed E-state index contributed by atoms with van der Waals surface area (Å²) in [7, 11) is 0. The van der Waals surface area contributed by atoms with Crippen LogP contribution in [-0.2, 0) is 6.54 Å². The van der Waals surface area contributed by atoms with Crippen LogP contribution in [0, 0.1) is 0 Å². The van der Waals surface area contributed by atoms with Gasteiger partial charge in [0.25, 0.3) is 0 Å². The maximum absolute atomic E-state index is 11.3. The Balaban J connectivity index is 2.18. The van der Waals surface area contributed by atoms with Gasteiger partial charge >= 0.3 is 6.03 Å². The summed E-state index contributed by atoms with van der Waals surface area (Å²) in [5.74, 6) is 0. The number of hydrogen-bond donors (Lipinski definition) is 0. The summed E-state index contributed by atoms with van der Waals surface area (Å²) in [4.78, 5) is 12.9. The van der Waals surface area contributed by atoms with Gasteiger partial charge in [-0.2, -0.15) is 0 Å². The molecule has 1 saturated heterocycles. The summed E-state index contributed by atoms with van der Waals surface area (Å²) in [6.45, 7) is 1.64. The molecule has 0 N–H and O–H groups in total. The number of rotatable bonds is 2. The van der Waals surface area contributed by atoms with Crippen molar-refractivity contribution in [3.63, 3.8) is 0 Å². The first-order valence-electron chi connectivity index (χ1n) is 4.68. The molecule has 0 aliphatic carbocycles. The summed E-state index contributed by atoms with van der Waals surface area (Å²) in [6, 6.07) is 3.23. The van der Waals surface area contributed by atoms with Crippen molar-refractivity contribution in [2.75, 3.05) is 13.1 Å². The number of benzene rings is 1. The van der Waals surface area contributed by atoms with E-state index in [1.54, 1.807) is 17.0 Å². The standard InChI is InChI=1S/C10H8Cl3N2O/c11-7-3-6(4-8(12)9(7)13)5-15-2-1-14-10(15)16/h3-4H,1-2,5H2. The van der Waals surface area contributed by atoms with Gasteiger partial charge in [0, 0.05) is 13.1 Å². The van der Waals surface area contributed by atoms with Gasteiger partial charge in [-0.15, -0.1) is 0 Å². The highest BCUT2D eigenvalue weighted by Gasteiger charge is 2.21. The smallest absolute Gasteiger partial charge is 0.317 e. The molecule has 1 fully saturated rings. The number of amides is 2. The zero-order valence-electron chi connectivity index (χ0n) is 8.21. The van der Waals surface area contributed by atoms with Crippen LogP contribution in [0.15, 0.2) is 12.1 Å². The summed E-state index contributed by atoms with van der Waals surface area (Å²) in [5, 5.41) is 4.90. The molecule has 1 aliphatic rings. The highest BCUT2D eigenvalue weighted by atomic mass is 35.5. The third-order valence-corrected chi connectivity index (χ3v) is 3.50. The van der Waals surface area contributed by atoms with Crippen molar-refractivity contribution in [1.82, 2.24) is 10.2 Å². The SMILES string of the molecule is O=C1[N]CCN1Cc1cc(Cl)c(Cl)c(Cl)c1. The van der Waals surface area contributed by atoms with E-state index in [9.17, 15) is 4.79 Å². The first kappa shape index (κ1) is 11.8. The van der Waals surface area contributed by atoms with Crippen molar-refractivity contribution in [2.24, 2.45) is 0 Å². The minimum atomic E-state index is -0.192. The lowest BCUT2D eigenvalue weighted by Gasteiger charge is -2.14. The average Bonchev–Trinajstić information content (AvgIpc) is 2.61. The molecule has 1 aromatic carbocycles. The second-order valence-corrected chi connectivity index (χ2v) is 4.65. The van der Waals surface area contributed by atoms with E-state index >= 15 is 0 Å². The van der Waals surface area contributed by atoms with Crippen LogP contribution in [0.1, 0.15) is 5.56 Å². The topological polar surface area (TPSA) is 34.4 Å². The Morgan fingerprint density at radius 1 is 1.25 bits per heavy atom. The summed E-state index contributed by atoms with van der Waals surface area (Å²) >= 11 is 17.6. The number of urea groups is 1. The second-order valence-electron chi connectivity index (χ2n) is 3.46. The van der Waals surface area contributed by atoms with E-state index in [1.807, 2.05) is 0 Å². The van der Waals surface area contributed by atoms with Crippen molar-refractivity contribution >= 4 is 40.8 Å². The Labute approximate surface area is 108 Å².